The van der Waals surface area contributed by atoms with Gasteiger partial charge in [0, 0.05) is 60.2 Å². The number of thiophene rings is 2. The smallest absolute Gasteiger partial charge is 0.260 e. The van der Waals surface area contributed by atoms with Gasteiger partial charge < -0.3 is 9.80 Å². The first-order valence-corrected chi connectivity index (χ1v) is 30.4. The highest BCUT2D eigenvalue weighted by molar-refractivity contribution is 7.18. The van der Waals surface area contributed by atoms with Crippen molar-refractivity contribution in [2.75, 3.05) is 49.1 Å². The maximum Gasteiger partial charge on any atom is 0.260 e. The van der Waals surface area contributed by atoms with E-state index in [-0.39, 0.29) is 35.0 Å². The van der Waals surface area contributed by atoms with E-state index in [1.54, 1.807) is 36.5 Å². The lowest BCUT2D eigenvalue weighted by Crippen LogP contribution is -2.44. The molecule has 0 bridgehead atoms. The van der Waals surface area contributed by atoms with E-state index >= 15 is 0 Å². The third-order valence-electron chi connectivity index (χ3n) is 14.2. The molecule has 0 radical (unpaired) electrons. The molecule has 408 valence electrons. The molecule has 0 N–H and O–H groups in total. The minimum absolute atomic E-state index is 0.0385. The van der Waals surface area contributed by atoms with Crippen molar-refractivity contribution in [3.05, 3.63) is 88.5 Å². The molecule has 0 saturated heterocycles. The third kappa shape index (κ3) is 18.5. The van der Waals surface area contributed by atoms with E-state index in [2.05, 4.69) is 74.9 Å². The molecule has 2 atom stereocenters. The molecular formula is C60H88Cl2N6O4S2. The Bertz CT molecular complexity index is 2350. The van der Waals surface area contributed by atoms with Crippen LogP contribution in [0.25, 0.3) is 21.8 Å². The normalized spacial score (nSPS) is 16.0. The zero-order valence-electron chi connectivity index (χ0n) is 46.7. The summed E-state index contributed by atoms with van der Waals surface area (Å²) in [6.07, 6.45) is 25.6. The van der Waals surface area contributed by atoms with Crippen molar-refractivity contribution < 1.29 is 19.2 Å². The Morgan fingerprint density at radius 3 is 1.16 bits per heavy atom. The summed E-state index contributed by atoms with van der Waals surface area (Å²) in [5.74, 6) is -1.07. The maximum absolute atomic E-state index is 13.6. The molecule has 2 aliphatic heterocycles. The van der Waals surface area contributed by atoms with Crippen LogP contribution in [0, 0.1) is 25.0 Å². The average molecular weight is 1090 g/mol. The van der Waals surface area contributed by atoms with Crippen molar-refractivity contribution in [3.8, 4) is 0 Å². The Labute approximate surface area is 464 Å². The van der Waals surface area contributed by atoms with Crippen LogP contribution < -0.4 is 9.80 Å². The molecule has 0 aromatic carbocycles. The molecule has 0 spiro atoms. The van der Waals surface area contributed by atoms with Crippen molar-refractivity contribution >= 4 is 91.7 Å². The first-order valence-electron chi connectivity index (χ1n) is 28.1. The van der Waals surface area contributed by atoms with Gasteiger partial charge in [-0.1, -0.05) is 168 Å². The lowest BCUT2D eigenvalue weighted by atomic mass is 9.94. The molecule has 4 rings (SSSR count). The number of hydrogen-bond acceptors (Lipinski definition) is 8. The molecule has 0 saturated carbocycles. The molecule has 2 unspecified atom stereocenters. The van der Waals surface area contributed by atoms with Crippen molar-refractivity contribution in [2.45, 2.75) is 198 Å². The molecule has 2 aromatic rings. The summed E-state index contributed by atoms with van der Waals surface area (Å²) in [6.45, 7) is 40.5. The van der Waals surface area contributed by atoms with Crippen molar-refractivity contribution in [3.63, 3.8) is 0 Å². The van der Waals surface area contributed by atoms with Crippen molar-refractivity contribution in [2.24, 2.45) is 11.8 Å². The molecule has 74 heavy (non-hydrogen) atoms. The number of rotatable bonds is 32. The summed E-state index contributed by atoms with van der Waals surface area (Å²) in [5, 5.41) is 3.45. The Morgan fingerprint density at radius 2 is 0.851 bits per heavy atom. The predicted molar refractivity (Wildman–Crippen MR) is 316 cm³/mol. The van der Waals surface area contributed by atoms with Gasteiger partial charge in [0.05, 0.1) is 23.2 Å². The van der Waals surface area contributed by atoms with Crippen LogP contribution in [0.1, 0.15) is 207 Å². The molecule has 10 nitrogen and oxygen atoms in total. The average Bonchev–Trinajstić information content (AvgIpc) is 3.96. The molecule has 0 aliphatic carbocycles. The van der Waals surface area contributed by atoms with Crippen LogP contribution in [0.3, 0.4) is 0 Å². The predicted octanol–water partition coefficient (Wildman–Crippen LogP) is 17.5. The Morgan fingerprint density at radius 1 is 0.514 bits per heavy atom. The highest BCUT2D eigenvalue weighted by Gasteiger charge is 2.38. The van der Waals surface area contributed by atoms with Crippen LogP contribution in [0.4, 0.5) is 10.0 Å². The lowest BCUT2D eigenvalue weighted by Gasteiger charge is -2.30. The summed E-state index contributed by atoms with van der Waals surface area (Å²) in [7, 11) is 0. The molecule has 2 aromatic heterocycles. The number of hydrogen-bond donors (Lipinski definition) is 0. The standard InChI is InChI=1S/C32H48ClN3O2S.C28H40ClN3O2S/c1-7-11-14-16-19-35(20-17-15-12-8-2)32-28(33)22-26(39-32)21-27-24(5)29(34-6)31(38)36(30(27)37)23-25(10-4)18-13-9-3;1-7-11-14-21(10-4)19-32-26(33)23(20(5)25(30-6)27(32)34)17-22-18-24(29)28(35-22)31(15-12-8-2)16-13-9-3/h21-22,25H,7-20,23H2,1-5H3;17-18,21H,7-16,19H2,1-5H3/b27-21+;23-17+. The van der Waals surface area contributed by atoms with E-state index in [9.17, 15) is 19.2 Å². The Hall–Kier alpha value is -4.20. The molecular weight excluding hydrogens is 1000 g/mol. The number of nitrogens with zero attached hydrogens (tertiary/aromatic N) is 6. The van der Waals surface area contributed by atoms with Crippen molar-refractivity contribution in [1.82, 2.24) is 9.80 Å². The zero-order valence-corrected chi connectivity index (χ0v) is 49.9. The summed E-state index contributed by atoms with van der Waals surface area (Å²) >= 11 is 16.6. The second-order valence-electron chi connectivity index (χ2n) is 20.0. The maximum atomic E-state index is 13.6. The first kappa shape index (κ1) is 64.1. The highest BCUT2D eigenvalue weighted by atomic mass is 35.5. The fourth-order valence-corrected chi connectivity index (χ4v) is 12.2. The fourth-order valence-electron chi connectivity index (χ4n) is 9.31. The van der Waals surface area contributed by atoms with Crippen LogP contribution >= 0.6 is 45.9 Å². The quantitative estimate of drug-likeness (QED) is 0.0314. The molecule has 14 heteroatoms. The lowest BCUT2D eigenvalue weighted by molar-refractivity contribution is -0.142. The van der Waals surface area contributed by atoms with E-state index in [1.165, 1.54) is 48.3 Å². The minimum atomic E-state index is -0.468. The number of amides is 4. The van der Waals surface area contributed by atoms with Gasteiger partial charge in [-0.15, -0.1) is 22.7 Å². The second kappa shape index (κ2) is 34.5. The summed E-state index contributed by atoms with van der Waals surface area (Å²) in [6, 6.07) is 3.82. The van der Waals surface area contributed by atoms with E-state index < -0.39 is 11.8 Å². The number of halogens is 2. The van der Waals surface area contributed by atoms with Crippen molar-refractivity contribution in [1.29, 1.82) is 0 Å². The van der Waals surface area contributed by atoms with Crippen LogP contribution in [0.5, 0.6) is 0 Å². The van der Waals surface area contributed by atoms with E-state index in [4.69, 9.17) is 36.3 Å². The molecule has 0 fully saturated rings. The fraction of sp³-hybridized carbons (Fsp3) is 0.633. The first-order chi connectivity index (χ1) is 35.6. The molecule has 4 amide bonds. The number of anilines is 2. The van der Waals surface area contributed by atoms with Gasteiger partial charge in [0.1, 0.15) is 10.0 Å². The third-order valence-corrected chi connectivity index (χ3v) is 17.3. The van der Waals surface area contributed by atoms with Crippen LogP contribution in [0.2, 0.25) is 10.0 Å². The molecule has 2 aliphatic rings. The zero-order chi connectivity index (χ0) is 54.7. The topological polar surface area (TPSA) is 90.0 Å². The van der Waals surface area contributed by atoms with Gasteiger partial charge in [-0.2, -0.15) is 0 Å². The molecule has 4 heterocycles. The van der Waals surface area contributed by atoms with E-state index in [0.29, 0.717) is 45.4 Å². The SMILES string of the molecule is [C-]#[N+]C1=C(C)/C(=C\c2cc(Cl)c(N(CCCC)CCCC)s2)C(=O)N(CC(CC)CCCC)C1=O.[C-]#[N+]C1=C(C)/C(=C\c2cc(Cl)c(N(CCCCCC)CCCCCC)s2)C(=O)N(CC(CC)CCCC)C1=O. The van der Waals surface area contributed by atoms with Gasteiger partial charge in [-0.3, -0.25) is 29.0 Å². The Balaban J connectivity index is 0.000000393. The number of imide groups is 2. The van der Waals surface area contributed by atoms with Gasteiger partial charge >= 0.3 is 0 Å². The second-order valence-corrected chi connectivity index (χ2v) is 22.9. The Kier molecular flexibility index (Phi) is 29.8. The monoisotopic (exact) mass is 1090 g/mol. The van der Waals surface area contributed by atoms with E-state index in [0.717, 1.165) is 136 Å². The van der Waals surface area contributed by atoms with Gasteiger partial charge in [-0.05, 0) is 99.6 Å². The highest BCUT2D eigenvalue weighted by Crippen LogP contribution is 2.41. The van der Waals surface area contributed by atoms with Gasteiger partial charge in [0.2, 0.25) is 0 Å². The van der Waals surface area contributed by atoms with Gasteiger partial charge in [0.15, 0.2) is 0 Å². The van der Waals surface area contributed by atoms with Gasteiger partial charge in [-0.25, -0.2) is 9.69 Å². The largest absolute Gasteiger partial charge is 0.362 e. The minimum Gasteiger partial charge on any atom is -0.362 e. The van der Waals surface area contributed by atoms with Gasteiger partial charge in [0.25, 0.3) is 35.0 Å². The summed E-state index contributed by atoms with van der Waals surface area (Å²) in [4.78, 5) is 69.4. The van der Waals surface area contributed by atoms with Crippen LogP contribution in [-0.4, -0.2) is 72.7 Å². The van der Waals surface area contributed by atoms with E-state index in [1.807, 2.05) is 24.3 Å². The van der Waals surface area contributed by atoms with Crippen LogP contribution in [-0.2, 0) is 19.2 Å². The number of unbranched alkanes of at least 4 members (excludes halogenated alkanes) is 10. The summed E-state index contributed by atoms with van der Waals surface area (Å²) < 4.78 is 0. The van der Waals surface area contributed by atoms with Crippen LogP contribution in [0.15, 0.2) is 45.8 Å². The summed E-state index contributed by atoms with van der Waals surface area (Å²) in [5.41, 5.74) is 1.83. The number of carbonyl (C=O) groups excluding carboxylic acids is 4. The number of carbonyl (C=O) groups is 4.